The molecule has 3 aromatic rings. The first-order valence-electron chi connectivity index (χ1n) is 6.77. The minimum Gasteiger partial charge on any atom is -0.339 e. The number of H-pyrrole nitrogens is 1. The molecule has 0 bridgehead atoms. The second kappa shape index (κ2) is 6.48. The van der Waals surface area contributed by atoms with Crippen molar-refractivity contribution in [2.75, 3.05) is 5.75 Å². The van der Waals surface area contributed by atoms with E-state index in [0.29, 0.717) is 10.7 Å². The second-order valence-corrected chi connectivity index (χ2v) is 6.32. The fourth-order valence-electron chi connectivity index (χ4n) is 2.04. The molecule has 0 saturated heterocycles. The van der Waals surface area contributed by atoms with Gasteiger partial charge in [0.25, 0.3) is 5.56 Å². The van der Waals surface area contributed by atoms with Crippen LogP contribution >= 0.6 is 23.4 Å². The van der Waals surface area contributed by atoms with Gasteiger partial charge in [-0.2, -0.15) is 13.2 Å². The van der Waals surface area contributed by atoms with E-state index in [0.717, 1.165) is 11.8 Å². The van der Waals surface area contributed by atoms with Crippen LogP contribution in [0.2, 0.25) is 5.02 Å². The van der Waals surface area contributed by atoms with Gasteiger partial charge in [-0.25, -0.2) is 9.97 Å². The average Bonchev–Trinajstić information content (AvgIpc) is 2.96. The molecule has 0 aliphatic heterocycles. The lowest BCUT2D eigenvalue weighted by molar-refractivity contribution is -0.129. The van der Waals surface area contributed by atoms with Crippen molar-refractivity contribution in [3.05, 3.63) is 46.0 Å². The summed E-state index contributed by atoms with van der Waals surface area (Å²) in [7, 11) is 0. The average molecular weight is 375 g/mol. The summed E-state index contributed by atoms with van der Waals surface area (Å²) in [6.45, 7) is 0. The van der Waals surface area contributed by atoms with Crippen LogP contribution in [0.4, 0.5) is 13.2 Å². The first kappa shape index (κ1) is 16.8. The molecule has 10 heteroatoms. The summed E-state index contributed by atoms with van der Waals surface area (Å²) in [5.74, 6) is -0.251. The lowest BCUT2D eigenvalue weighted by Gasteiger charge is -2.12. The van der Waals surface area contributed by atoms with E-state index in [1.165, 1.54) is 10.9 Å². The molecular formula is C14H10ClF3N4OS. The molecule has 1 aromatic carbocycles. The molecule has 1 N–H and O–H groups in total. The minimum absolute atomic E-state index is 0.145. The van der Waals surface area contributed by atoms with E-state index in [4.69, 9.17) is 11.6 Å². The molecule has 0 radical (unpaired) electrons. The maximum Gasteiger partial charge on any atom is 0.389 e. The quantitative estimate of drug-likeness (QED) is 0.557. The number of fused-ring (bicyclic) bond motifs is 1. The van der Waals surface area contributed by atoms with Crippen molar-refractivity contribution in [1.29, 1.82) is 0 Å². The van der Waals surface area contributed by atoms with Gasteiger partial charge in [0.2, 0.25) is 0 Å². The number of rotatable bonds is 4. The number of thioether (sulfide) groups is 1. The number of nitrogens with one attached hydrogen (secondary N) is 1. The smallest absolute Gasteiger partial charge is 0.339 e. The van der Waals surface area contributed by atoms with Crippen molar-refractivity contribution in [2.24, 2.45) is 0 Å². The highest BCUT2D eigenvalue weighted by molar-refractivity contribution is 7.99. The van der Waals surface area contributed by atoms with Gasteiger partial charge in [-0.3, -0.25) is 9.36 Å². The number of aromatic nitrogens is 4. The van der Waals surface area contributed by atoms with Gasteiger partial charge in [-0.05, 0) is 24.3 Å². The van der Waals surface area contributed by atoms with Gasteiger partial charge in [-0.15, -0.1) is 0 Å². The molecule has 0 fully saturated rings. The van der Waals surface area contributed by atoms with E-state index in [2.05, 4.69) is 15.0 Å². The van der Waals surface area contributed by atoms with E-state index in [1.54, 1.807) is 24.3 Å². The molecule has 24 heavy (non-hydrogen) atoms. The Balaban J connectivity index is 2.06. The third kappa shape index (κ3) is 3.57. The molecule has 0 saturated carbocycles. The normalized spacial score (nSPS) is 12.0. The number of nitrogens with zero attached hydrogens (tertiary/aromatic N) is 3. The molecule has 2 aromatic heterocycles. The number of alkyl halides is 3. The predicted octanol–water partition coefficient (Wildman–Crippen LogP) is 3.81. The number of hydrogen-bond donors (Lipinski definition) is 1. The number of hydrogen-bond acceptors (Lipinski definition) is 4. The van der Waals surface area contributed by atoms with E-state index in [1.807, 2.05) is 0 Å². The van der Waals surface area contributed by atoms with E-state index < -0.39 is 18.2 Å². The molecule has 0 amide bonds. The summed E-state index contributed by atoms with van der Waals surface area (Å²) < 4.78 is 38.4. The molecule has 0 atom stereocenters. The van der Waals surface area contributed by atoms with Crippen LogP contribution in [0, 0.1) is 0 Å². The number of benzene rings is 1. The largest absolute Gasteiger partial charge is 0.389 e. The van der Waals surface area contributed by atoms with Crippen LogP contribution in [-0.4, -0.2) is 31.4 Å². The van der Waals surface area contributed by atoms with Gasteiger partial charge in [0.1, 0.15) is 0 Å². The van der Waals surface area contributed by atoms with Gasteiger partial charge < -0.3 is 4.98 Å². The number of aromatic amines is 1. The Kier molecular flexibility index (Phi) is 4.55. The van der Waals surface area contributed by atoms with E-state index in [-0.39, 0.29) is 22.1 Å². The fourth-order valence-corrected chi connectivity index (χ4v) is 3.15. The molecule has 0 aliphatic rings. The highest BCUT2D eigenvalue weighted by Gasteiger charge is 2.27. The summed E-state index contributed by atoms with van der Waals surface area (Å²) in [5, 5.41) is 0.625. The van der Waals surface area contributed by atoms with Gasteiger partial charge in [0.15, 0.2) is 16.3 Å². The first-order chi connectivity index (χ1) is 11.3. The molecule has 2 heterocycles. The van der Waals surface area contributed by atoms with Crippen LogP contribution in [0.1, 0.15) is 6.42 Å². The SMILES string of the molecule is O=c1c2[nH]cnc2nc(SCCC(F)(F)F)n1-c1ccc(Cl)cc1. The van der Waals surface area contributed by atoms with Gasteiger partial charge in [0, 0.05) is 10.8 Å². The summed E-state index contributed by atoms with van der Waals surface area (Å²) in [4.78, 5) is 23.4. The Labute approximate surface area is 142 Å². The van der Waals surface area contributed by atoms with Crippen LogP contribution in [-0.2, 0) is 0 Å². The Hall–Kier alpha value is -2.00. The molecule has 0 aliphatic carbocycles. The summed E-state index contributed by atoms with van der Waals surface area (Å²) >= 11 is 6.69. The Morgan fingerprint density at radius 2 is 1.96 bits per heavy atom. The number of halogens is 4. The molecule has 0 unspecified atom stereocenters. The van der Waals surface area contributed by atoms with Gasteiger partial charge in [-0.1, -0.05) is 23.4 Å². The summed E-state index contributed by atoms with van der Waals surface area (Å²) in [6.07, 6.45) is -3.93. The van der Waals surface area contributed by atoms with Crippen LogP contribution in [0.15, 0.2) is 40.5 Å². The van der Waals surface area contributed by atoms with Crippen LogP contribution in [0.25, 0.3) is 16.9 Å². The Bertz CT molecular complexity index is 920. The second-order valence-electron chi connectivity index (χ2n) is 4.83. The highest BCUT2D eigenvalue weighted by Crippen LogP contribution is 2.26. The summed E-state index contributed by atoms with van der Waals surface area (Å²) in [5.41, 5.74) is 0.377. The van der Waals surface area contributed by atoms with Crippen molar-refractivity contribution in [1.82, 2.24) is 19.5 Å². The zero-order valence-electron chi connectivity index (χ0n) is 12.0. The monoisotopic (exact) mass is 374 g/mol. The van der Waals surface area contributed by atoms with Crippen LogP contribution in [0.3, 0.4) is 0 Å². The lowest BCUT2D eigenvalue weighted by atomic mass is 10.3. The maximum absolute atomic E-state index is 12.6. The van der Waals surface area contributed by atoms with E-state index in [9.17, 15) is 18.0 Å². The topological polar surface area (TPSA) is 63.6 Å². The summed E-state index contributed by atoms with van der Waals surface area (Å²) in [6, 6.07) is 6.37. The minimum atomic E-state index is -4.27. The third-order valence-corrected chi connectivity index (χ3v) is 4.32. The van der Waals surface area contributed by atoms with Crippen molar-refractivity contribution >= 4 is 34.5 Å². The lowest BCUT2D eigenvalue weighted by Crippen LogP contribution is -2.22. The third-order valence-electron chi connectivity index (χ3n) is 3.13. The Morgan fingerprint density at radius 1 is 1.25 bits per heavy atom. The fraction of sp³-hybridized carbons (Fsp3) is 0.214. The standard InChI is InChI=1S/C14H10ClF3N4OS/c15-8-1-3-9(4-2-8)22-12(23)10-11(20-7-19-10)21-13(22)24-6-5-14(16,17)18/h1-4,7H,5-6H2,(H,19,20). The van der Waals surface area contributed by atoms with Crippen LogP contribution < -0.4 is 5.56 Å². The number of imidazole rings is 1. The zero-order chi connectivity index (χ0) is 17.3. The van der Waals surface area contributed by atoms with Gasteiger partial charge in [0.05, 0.1) is 18.4 Å². The Morgan fingerprint density at radius 3 is 2.62 bits per heavy atom. The first-order valence-corrected chi connectivity index (χ1v) is 8.13. The predicted molar refractivity (Wildman–Crippen MR) is 85.9 cm³/mol. The van der Waals surface area contributed by atoms with Crippen molar-refractivity contribution in [2.45, 2.75) is 17.8 Å². The zero-order valence-corrected chi connectivity index (χ0v) is 13.5. The molecule has 126 valence electrons. The van der Waals surface area contributed by atoms with Crippen molar-refractivity contribution in [3.63, 3.8) is 0 Å². The maximum atomic E-state index is 12.6. The van der Waals surface area contributed by atoms with Crippen LogP contribution in [0.5, 0.6) is 0 Å². The van der Waals surface area contributed by atoms with E-state index >= 15 is 0 Å². The molecule has 5 nitrogen and oxygen atoms in total. The van der Waals surface area contributed by atoms with Gasteiger partial charge >= 0.3 is 6.18 Å². The van der Waals surface area contributed by atoms with Crippen molar-refractivity contribution in [3.8, 4) is 5.69 Å². The molecular weight excluding hydrogens is 365 g/mol. The highest BCUT2D eigenvalue weighted by atomic mass is 35.5. The van der Waals surface area contributed by atoms with Crippen molar-refractivity contribution < 1.29 is 13.2 Å². The molecule has 0 spiro atoms. The molecule has 3 rings (SSSR count).